The van der Waals surface area contributed by atoms with E-state index in [0.717, 1.165) is 11.1 Å². The summed E-state index contributed by atoms with van der Waals surface area (Å²) in [6, 6.07) is 15.7. The number of hydrogen-bond donors (Lipinski definition) is 1. The number of ether oxygens (including phenoxy) is 2. The molecule has 34 heavy (non-hydrogen) atoms. The smallest absolute Gasteiger partial charge is 0.481 e. The van der Waals surface area contributed by atoms with Gasteiger partial charge in [0.15, 0.2) is 0 Å². The first-order chi connectivity index (χ1) is 16.2. The maximum Gasteiger partial charge on any atom is 0.573 e. The summed E-state index contributed by atoms with van der Waals surface area (Å²) in [7, 11) is 1.42. The van der Waals surface area contributed by atoms with Gasteiger partial charge in [-0.25, -0.2) is 4.99 Å². The lowest BCUT2D eigenvalue weighted by Crippen LogP contribution is -2.21. The van der Waals surface area contributed by atoms with Gasteiger partial charge in [-0.3, -0.25) is 4.79 Å². The number of aliphatic hydroxyl groups is 1. The monoisotopic (exact) mass is 472 g/mol. The van der Waals surface area contributed by atoms with E-state index < -0.39 is 6.36 Å². The van der Waals surface area contributed by atoms with Gasteiger partial charge >= 0.3 is 6.36 Å². The standard InChI is InChI=1S/C25H23F3N2O4/c1-17(20-6-9-22(10-7-20)34-25(26,27)28)29-24(33-2)21-8-11-23(32)30(16-21)15-19-5-3-4-18(14-19)12-13-31/h3-11,14,16,31H,1,12-13,15H2,2H3. The van der Waals surface area contributed by atoms with Crippen LogP contribution in [0.3, 0.4) is 0 Å². The van der Waals surface area contributed by atoms with Crippen molar-refractivity contribution in [3.63, 3.8) is 0 Å². The maximum atomic E-state index is 12.4. The molecule has 0 saturated carbocycles. The fourth-order valence-electron chi connectivity index (χ4n) is 3.25. The summed E-state index contributed by atoms with van der Waals surface area (Å²) in [5.41, 5.74) is 2.89. The highest BCUT2D eigenvalue weighted by Crippen LogP contribution is 2.25. The molecule has 0 amide bonds. The van der Waals surface area contributed by atoms with Gasteiger partial charge in [-0.05, 0) is 53.4 Å². The van der Waals surface area contributed by atoms with Gasteiger partial charge in [-0.15, -0.1) is 13.2 Å². The van der Waals surface area contributed by atoms with E-state index >= 15 is 0 Å². The second-order valence-electron chi connectivity index (χ2n) is 7.32. The van der Waals surface area contributed by atoms with Crippen LogP contribution in [0.25, 0.3) is 5.70 Å². The number of hydrogen-bond acceptors (Lipinski definition) is 5. The van der Waals surface area contributed by atoms with E-state index in [1.165, 1.54) is 42.0 Å². The molecule has 178 valence electrons. The van der Waals surface area contributed by atoms with Gasteiger partial charge in [0, 0.05) is 18.9 Å². The van der Waals surface area contributed by atoms with Crippen molar-refractivity contribution >= 4 is 11.6 Å². The summed E-state index contributed by atoms with van der Waals surface area (Å²) in [6.45, 7) is 4.20. The van der Waals surface area contributed by atoms with Crippen molar-refractivity contribution in [2.45, 2.75) is 19.3 Å². The molecule has 0 fully saturated rings. The van der Waals surface area contributed by atoms with E-state index in [1.54, 1.807) is 12.3 Å². The highest BCUT2D eigenvalue weighted by molar-refractivity contribution is 5.97. The van der Waals surface area contributed by atoms with Crippen LogP contribution in [0.1, 0.15) is 22.3 Å². The van der Waals surface area contributed by atoms with Crippen molar-refractivity contribution in [3.8, 4) is 5.75 Å². The van der Waals surface area contributed by atoms with E-state index in [4.69, 9.17) is 9.84 Å². The van der Waals surface area contributed by atoms with Crippen molar-refractivity contribution in [1.82, 2.24) is 4.57 Å². The van der Waals surface area contributed by atoms with Gasteiger partial charge in [0.05, 0.1) is 24.9 Å². The van der Waals surface area contributed by atoms with Crippen LogP contribution in [0.5, 0.6) is 5.75 Å². The molecule has 0 unspecified atom stereocenters. The van der Waals surface area contributed by atoms with Crippen LogP contribution in [0, 0.1) is 0 Å². The Bertz CT molecular complexity index is 1230. The number of benzene rings is 2. The number of rotatable bonds is 8. The Hall–Kier alpha value is -3.85. The third-order valence-electron chi connectivity index (χ3n) is 4.83. The van der Waals surface area contributed by atoms with E-state index in [9.17, 15) is 18.0 Å². The molecule has 1 aromatic heterocycles. The highest BCUT2D eigenvalue weighted by atomic mass is 19.4. The summed E-state index contributed by atoms with van der Waals surface area (Å²) in [5.74, 6) is -0.168. The number of pyridine rings is 1. The maximum absolute atomic E-state index is 12.4. The van der Waals surface area contributed by atoms with Crippen LogP contribution in [0.4, 0.5) is 13.2 Å². The van der Waals surface area contributed by atoms with Crippen LogP contribution >= 0.6 is 0 Å². The average Bonchev–Trinajstić information content (AvgIpc) is 2.79. The minimum Gasteiger partial charge on any atom is -0.481 e. The summed E-state index contributed by atoms with van der Waals surface area (Å²) in [4.78, 5) is 16.8. The van der Waals surface area contributed by atoms with Crippen LogP contribution in [-0.2, 0) is 17.7 Å². The van der Waals surface area contributed by atoms with Gasteiger partial charge in [0.1, 0.15) is 5.75 Å². The molecule has 0 saturated heterocycles. The first kappa shape index (κ1) is 24.8. The molecule has 0 aliphatic rings. The van der Waals surface area contributed by atoms with Gasteiger partial charge < -0.3 is 19.1 Å². The molecule has 6 nitrogen and oxygen atoms in total. The number of methoxy groups -OCH3 is 1. The Kier molecular flexibility index (Phi) is 7.91. The van der Waals surface area contributed by atoms with Gasteiger partial charge in [-0.2, -0.15) is 0 Å². The van der Waals surface area contributed by atoms with E-state index in [-0.39, 0.29) is 29.5 Å². The normalized spacial score (nSPS) is 11.9. The topological polar surface area (TPSA) is 73.0 Å². The predicted octanol–water partition coefficient (Wildman–Crippen LogP) is 4.39. The fourth-order valence-corrected chi connectivity index (χ4v) is 3.25. The van der Waals surface area contributed by atoms with Gasteiger partial charge in [0.2, 0.25) is 5.90 Å². The number of nitrogens with zero attached hydrogens (tertiary/aromatic N) is 2. The van der Waals surface area contributed by atoms with Crippen molar-refractivity contribution in [1.29, 1.82) is 0 Å². The largest absolute Gasteiger partial charge is 0.573 e. The lowest BCUT2D eigenvalue weighted by molar-refractivity contribution is -0.274. The Morgan fingerprint density at radius 2 is 1.74 bits per heavy atom. The molecule has 9 heteroatoms. The number of aliphatic hydroxyl groups excluding tert-OH is 1. The molecule has 0 bridgehead atoms. The average molecular weight is 472 g/mol. The second kappa shape index (κ2) is 10.8. The lowest BCUT2D eigenvalue weighted by Gasteiger charge is -2.12. The van der Waals surface area contributed by atoms with E-state index in [0.29, 0.717) is 24.1 Å². The fraction of sp³-hybridized carbons (Fsp3) is 0.200. The summed E-state index contributed by atoms with van der Waals surface area (Å²) < 4.78 is 47.8. The number of halogens is 3. The number of aliphatic imine (C=N–C) groups is 1. The number of aromatic nitrogens is 1. The molecular weight excluding hydrogens is 449 g/mol. The summed E-state index contributed by atoms with van der Waals surface area (Å²) in [6.07, 6.45) is -2.64. The third kappa shape index (κ3) is 6.82. The molecule has 2 aromatic carbocycles. The molecule has 1 N–H and O–H groups in total. The van der Waals surface area contributed by atoms with Crippen molar-refractivity contribution in [2.75, 3.05) is 13.7 Å². The zero-order valence-corrected chi connectivity index (χ0v) is 18.4. The van der Waals surface area contributed by atoms with Crippen LogP contribution in [0.15, 0.2) is 83.2 Å². The molecule has 0 radical (unpaired) electrons. The summed E-state index contributed by atoms with van der Waals surface area (Å²) in [5, 5.41) is 9.14. The third-order valence-corrected chi connectivity index (χ3v) is 4.83. The van der Waals surface area contributed by atoms with Crippen LogP contribution in [0.2, 0.25) is 0 Å². The van der Waals surface area contributed by atoms with Crippen molar-refractivity contribution in [2.24, 2.45) is 4.99 Å². The molecule has 0 atom stereocenters. The van der Waals surface area contributed by atoms with Gasteiger partial charge in [-0.1, -0.05) is 30.8 Å². The first-order valence-corrected chi connectivity index (χ1v) is 10.3. The Morgan fingerprint density at radius 3 is 2.38 bits per heavy atom. The quantitative estimate of drug-likeness (QED) is 0.390. The Morgan fingerprint density at radius 1 is 1.06 bits per heavy atom. The van der Waals surface area contributed by atoms with Crippen molar-refractivity contribution < 1.29 is 27.8 Å². The Labute approximate surface area is 194 Å². The molecule has 0 aliphatic carbocycles. The molecule has 0 aliphatic heterocycles. The number of alkyl halides is 3. The second-order valence-corrected chi connectivity index (χ2v) is 7.32. The van der Waals surface area contributed by atoms with E-state index in [1.807, 2.05) is 24.3 Å². The molecular formula is C25H23F3N2O4. The zero-order chi connectivity index (χ0) is 24.7. The molecule has 0 spiro atoms. The van der Waals surface area contributed by atoms with Crippen molar-refractivity contribution in [3.05, 3.63) is 106 Å². The minimum absolute atomic E-state index is 0.0362. The minimum atomic E-state index is -4.77. The molecule has 1 heterocycles. The van der Waals surface area contributed by atoms with Crippen LogP contribution in [-0.4, -0.2) is 35.7 Å². The predicted molar refractivity (Wildman–Crippen MR) is 123 cm³/mol. The Balaban J connectivity index is 1.83. The van der Waals surface area contributed by atoms with E-state index in [2.05, 4.69) is 16.3 Å². The summed E-state index contributed by atoms with van der Waals surface area (Å²) >= 11 is 0. The first-order valence-electron chi connectivity index (χ1n) is 10.3. The van der Waals surface area contributed by atoms with Gasteiger partial charge in [0.25, 0.3) is 5.56 Å². The SMILES string of the molecule is C=C(N=C(OC)c1ccc(=O)n(Cc2cccc(CCO)c2)c1)c1ccc(OC(F)(F)F)cc1. The van der Waals surface area contributed by atoms with Crippen LogP contribution < -0.4 is 10.3 Å². The zero-order valence-electron chi connectivity index (χ0n) is 18.4. The lowest BCUT2D eigenvalue weighted by atomic mass is 10.1. The highest BCUT2D eigenvalue weighted by Gasteiger charge is 2.31. The molecule has 3 aromatic rings. The molecule has 3 rings (SSSR count).